The molecule has 7 nitrogen and oxygen atoms in total. The van der Waals surface area contributed by atoms with E-state index in [2.05, 4.69) is 25.7 Å². The van der Waals surface area contributed by atoms with E-state index in [-0.39, 0.29) is 5.91 Å². The molecule has 2 aromatic rings. The third kappa shape index (κ3) is 8.40. The number of ketones is 1. The fourth-order valence-corrected chi connectivity index (χ4v) is 7.48. The summed E-state index contributed by atoms with van der Waals surface area (Å²) in [6.45, 7) is 0. The predicted molar refractivity (Wildman–Crippen MR) is 135 cm³/mol. The third-order valence-electron chi connectivity index (χ3n) is 6.43. The van der Waals surface area contributed by atoms with Crippen LogP contribution in [0.5, 0.6) is 0 Å². The number of hydrogen-bond donors (Lipinski definition) is 1. The number of hydrogen-bond acceptors (Lipinski definition) is 9. The van der Waals surface area contributed by atoms with Gasteiger partial charge in [-0.3, -0.25) is 9.59 Å². The van der Waals surface area contributed by atoms with Gasteiger partial charge in [-0.2, -0.15) is 11.8 Å². The summed E-state index contributed by atoms with van der Waals surface area (Å²) < 4.78 is 0. The molecule has 0 atom stereocenters. The Hall–Kier alpha value is -1.39. The maximum Gasteiger partial charge on any atom is 0.226 e. The Morgan fingerprint density at radius 3 is 2.06 bits per heavy atom. The molecule has 1 amide bonds. The van der Waals surface area contributed by atoms with Crippen LogP contribution in [-0.2, 0) is 28.9 Å². The molecule has 0 aliphatic heterocycles. The zero-order valence-corrected chi connectivity index (χ0v) is 21.5. The van der Waals surface area contributed by atoms with Crippen LogP contribution in [0.15, 0.2) is 0 Å². The van der Waals surface area contributed by atoms with E-state index in [9.17, 15) is 9.59 Å². The minimum absolute atomic E-state index is 0.0654. The number of anilines is 1. The molecule has 0 saturated heterocycles. The second-order valence-electron chi connectivity index (χ2n) is 9.18. The van der Waals surface area contributed by atoms with Crippen molar-refractivity contribution in [1.29, 1.82) is 0 Å². The number of Topliss-reactive ketones (excluding diaryl/α,β-unsaturated/α-hetero) is 1. The van der Waals surface area contributed by atoms with Crippen molar-refractivity contribution >= 4 is 51.3 Å². The lowest BCUT2D eigenvalue weighted by atomic mass is 10.00. The van der Waals surface area contributed by atoms with Gasteiger partial charge in [0.1, 0.15) is 20.8 Å². The average Bonchev–Trinajstić information content (AvgIpc) is 3.57. The fourth-order valence-electron chi connectivity index (χ4n) is 4.71. The van der Waals surface area contributed by atoms with E-state index in [1.807, 2.05) is 11.8 Å². The number of thioether (sulfide) groups is 1. The monoisotopic (exact) mass is 507 g/mol. The molecule has 4 rings (SSSR count). The topological polar surface area (TPSA) is 97.7 Å². The van der Waals surface area contributed by atoms with E-state index in [1.165, 1.54) is 62.7 Å². The van der Waals surface area contributed by atoms with Gasteiger partial charge in [0.15, 0.2) is 0 Å². The number of aromatic nitrogens is 4. The molecule has 2 saturated carbocycles. The van der Waals surface area contributed by atoms with Crippen LogP contribution < -0.4 is 5.32 Å². The van der Waals surface area contributed by atoms with Crippen LogP contribution in [-0.4, -0.2) is 43.6 Å². The van der Waals surface area contributed by atoms with E-state index in [0.29, 0.717) is 42.0 Å². The van der Waals surface area contributed by atoms with Crippen LogP contribution in [0.25, 0.3) is 0 Å². The van der Waals surface area contributed by atoms with E-state index < -0.39 is 0 Å². The van der Waals surface area contributed by atoms with Gasteiger partial charge in [-0.15, -0.1) is 31.7 Å². The molecule has 2 fully saturated rings. The highest BCUT2D eigenvalue weighted by Crippen LogP contribution is 2.29. The molecule has 0 unspecified atom stereocenters. The molecule has 0 aromatic carbocycles. The van der Waals surface area contributed by atoms with E-state index >= 15 is 0 Å². The number of carbonyl (C=O) groups excluding carboxylic acids is 2. The largest absolute Gasteiger partial charge is 0.301 e. The number of rotatable bonds is 13. The standard InChI is InChI=1S/C23H33N5O2S3/c29-18(13-16-5-1-2-6-16)15-22-27-25-20(32-22)9-11-31-12-10-21-26-28-23(33-21)24-19(30)14-17-7-3-4-8-17/h16-17H,1-15H2,(H,24,28,30). The highest BCUT2D eigenvalue weighted by molar-refractivity contribution is 7.99. The lowest BCUT2D eigenvalue weighted by Gasteiger charge is -2.06. The Morgan fingerprint density at radius 2 is 1.36 bits per heavy atom. The van der Waals surface area contributed by atoms with Gasteiger partial charge in [0.05, 0.1) is 6.42 Å². The van der Waals surface area contributed by atoms with Gasteiger partial charge in [0.2, 0.25) is 11.0 Å². The molecule has 2 aliphatic rings. The Labute approximate surface area is 208 Å². The van der Waals surface area contributed by atoms with Crippen molar-refractivity contribution in [2.75, 3.05) is 16.8 Å². The first-order valence-corrected chi connectivity index (χ1v) is 15.0. The van der Waals surface area contributed by atoms with Crippen LogP contribution in [0.4, 0.5) is 5.13 Å². The maximum atomic E-state index is 12.3. The molecular weight excluding hydrogens is 474 g/mol. The van der Waals surface area contributed by atoms with Gasteiger partial charge < -0.3 is 5.32 Å². The van der Waals surface area contributed by atoms with Gasteiger partial charge in [-0.1, -0.05) is 49.9 Å². The van der Waals surface area contributed by atoms with Crippen molar-refractivity contribution in [3.63, 3.8) is 0 Å². The van der Waals surface area contributed by atoms with Gasteiger partial charge in [0.25, 0.3) is 0 Å². The number of amides is 1. The summed E-state index contributed by atoms with van der Waals surface area (Å²) >= 11 is 4.91. The first-order chi connectivity index (χ1) is 16.1. The van der Waals surface area contributed by atoms with Crippen molar-refractivity contribution in [2.45, 2.75) is 83.5 Å². The van der Waals surface area contributed by atoms with Crippen LogP contribution in [0.2, 0.25) is 0 Å². The SMILES string of the molecule is O=C(Cc1nnc(CCSCCc2nnc(NC(=O)CC3CCCC3)s2)s1)CC1CCCC1. The lowest BCUT2D eigenvalue weighted by molar-refractivity contribution is -0.119. The molecule has 2 aliphatic carbocycles. The van der Waals surface area contributed by atoms with Gasteiger partial charge >= 0.3 is 0 Å². The molecule has 33 heavy (non-hydrogen) atoms. The van der Waals surface area contributed by atoms with E-state index in [1.54, 1.807) is 11.3 Å². The first kappa shape index (κ1) is 24.7. The number of nitrogens with zero attached hydrogens (tertiary/aromatic N) is 4. The summed E-state index contributed by atoms with van der Waals surface area (Å²) in [7, 11) is 0. The van der Waals surface area contributed by atoms with Crippen molar-refractivity contribution < 1.29 is 9.59 Å². The van der Waals surface area contributed by atoms with Crippen LogP contribution in [0.1, 0.15) is 79.2 Å². The number of nitrogens with one attached hydrogen (secondary N) is 1. The first-order valence-electron chi connectivity index (χ1n) is 12.2. The molecule has 2 heterocycles. The summed E-state index contributed by atoms with van der Waals surface area (Å²) in [5.41, 5.74) is 0. The molecule has 180 valence electrons. The van der Waals surface area contributed by atoms with Crippen LogP contribution in [0, 0.1) is 11.8 Å². The Balaban J connectivity index is 1.08. The molecule has 10 heteroatoms. The lowest BCUT2D eigenvalue weighted by Crippen LogP contribution is -2.14. The molecule has 0 spiro atoms. The van der Waals surface area contributed by atoms with Crippen molar-refractivity contribution in [3.05, 3.63) is 15.0 Å². The number of carbonyl (C=O) groups is 2. The Morgan fingerprint density at radius 1 is 0.788 bits per heavy atom. The highest BCUT2D eigenvalue weighted by Gasteiger charge is 2.20. The molecule has 2 aromatic heterocycles. The van der Waals surface area contributed by atoms with Gasteiger partial charge in [-0.25, -0.2) is 0 Å². The third-order valence-corrected chi connectivity index (χ3v) is 9.30. The Kier molecular flexibility index (Phi) is 9.67. The normalized spacial score (nSPS) is 17.1. The highest BCUT2D eigenvalue weighted by atomic mass is 32.2. The predicted octanol–water partition coefficient (Wildman–Crippen LogP) is 5.12. The smallest absolute Gasteiger partial charge is 0.226 e. The second kappa shape index (κ2) is 12.9. The van der Waals surface area contributed by atoms with E-state index in [4.69, 9.17) is 0 Å². The number of aryl methyl sites for hydroxylation is 2. The van der Waals surface area contributed by atoms with E-state index in [0.717, 1.165) is 39.4 Å². The summed E-state index contributed by atoms with van der Waals surface area (Å²) in [6.07, 6.45) is 13.3. The van der Waals surface area contributed by atoms with Gasteiger partial charge in [-0.05, 0) is 36.2 Å². The minimum Gasteiger partial charge on any atom is -0.301 e. The zero-order chi connectivity index (χ0) is 22.9. The Bertz CT molecular complexity index is 831. The maximum absolute atomic E-state index is 12.3. The van der Waals surface area contributed by atoms with Gasteiger partial charge in [0, 0.05) is 25.7 Å². The molecule has 0 radical (unpaired) electrons. The summed E-state index contributed by atoms with van der Waals surface area (Å²) in [6, 6.07) is 0. The second-order valence-corrected chi connectivity index (χ2v) is 12.6. The molecule has 1 N–H and O–H groups in total. The van der Waals surface area contributed by atoms with Crippen LogP contribution >= 0.6 is 34.4 Å². The van der Waals surface area contributed by atoms with Crippen LogP contribution in [0.3, 0.4) is 0 Å². The summed E-state index contributed by atoms with van der Waals surface area (Å²) in [5.74, 6) is 3.43. The minimum atomic E-state index is 0.0654. The summed E-state index contributed by atoms with van der Waals surface area (Å²) in [4.78, 5) is 24.4. The fraction of sp³-hybridized carbons (Fsp3) is 0.739. The molecule has 0 bridgehead atoms. The molecular formula is C23H33N5O2S3. The quantitative estimate of drug-likeness (QED) is 0.376. The van der Waals surface area contributed by atoms with Crippen molar-refractivity contribution in [3.8, 4) is 0 Å². The zero-order valence-electron chi connectivity index (χ0n) is 19.1. The van der Waals surface area contributed by atoms with Crippen molar-refractivity contribution in [2.24, 2.45) is 11.8 Å². The van der Waals surface area contributed by atoms with Crippen molar-refractivity contribution in [1.82, 2.24) is 20.4 Å². The summed E-state index contributed by atoms with van der Waals surface area (Å²) in [5, 5.41) is 23.2. The average molecular weight is 508 g/mol.